The molecule has 2 aromatic rings. The number of imidazole rings is 1. The molecule has 0 aliphatic carbocycles. The zero-order valence-electron chi connectivity index (χ0n) is 14.3. The first-order valence-electron chi connectivity index (χ1n) is 8.18. The third-order valence-electron chi connectivity index (χ3n) is 4.53. The molecule has 0 radical (unpaired) electrons. The minimum atomic E-state index is -0.123. The number of hydrogen-bond acceptors (Lipinski definition) is 5. The third-order valence-corrected chi connectivity index (χ3v) is 4.53. The predicted octanol–water partition coefficient (Wildman–Crippen LogP) is 1.41. The molecule has 7 nitrogen and oxygen atoms in total. The van der Waals surface area contributed by atoms with Gasteiger partial charge in [-0.1, -0.05) is 6.07 Å². The number of nitriles is 1. The number of ether oxygens (including phenoxy) is 1. The second-order valence-corrected chi connectivity index (χ2v) is 6.15. The van der Waals surface area contributed by atoms with E-state index in [0.717, 1.165) is 17.7 Å². The quantitative estimate of drug-likeness (QED) is 0.859. The highest BCUT2D eigenvalue weighted by Gasteiger charge is 2.31. The van der Waals surface area contributed by atoms with Crippen molar-refractivity contribution >= 4 is 5.91 Å². The second kappa shape index (κ2) is 7.36. The Labute approximate surface area is 146 Å². The minimum absolute atomic E-state index is 0.0560. The summed E-state index contributed by atoms with van der Waals surface area (Å²) in [4.78, 5) is 16.0. The molecule has 0 bridgehead atoms. The Morgan fingerprint density at radius 2 is 2.36 bits per heavy atom. The lowest BCUT2D eigenvalue weighted by Gasteiger charge is -2.33. The maximum atomic E-state index is 11.8. The number of aryl methyl sites for hydroxylation is 1. The highest BCUT2D eigenvalue weighted by atomic mass is 16.5. The fourth-order valence-electron chi connectivity index (χ4n) is 3.17. The lowest BCUT2D eigenvalue weighted by atomic mass is 9.95. The van der Waals surface area contributed by atoms with Crippen LogP contribution in [0.25, 0.3) is 0 Å². The van der Waals surface area contributed by atoms with Gasteiger partial charge in [-0.05, 0) is 24.1 Å². The first-order valence-corrected chi connectivity index (χ1v) is 8.18. The summed E-state index contributed by atoms with van der Waals surface area (Å²) >= 11 is 0. The van der Waals surface area contributed by atoms with Gasteiger partial charge in [-0.2, -0.15) is 5.26 Å². The molecule has 1 aromatic heterocycles. The third kappa shape index (κ3) is 3.64. The molecule has 1 aromatic carbocycles. The van der Waals surface area contributed by atoms with Crippen LogP contribution in [0.2, 0.25) is 0 Å². The van der Waals surface area contributed by atoms with Gasteiger partial charge in [0.1, 0.15) is 11.8 Å². The fourth-order valence-corrected chi connectivity index (χ4v) is 3.17. The van der Waals surface area contributed by atoms with Crippen LogP contribution in [0.3, 0.4) is 0 Å². The van der Waals surface area contributed by atoms with Crippen molar-refractivity contribution in [1.29, 1.82) is 5.26 Å². The molecule has 25 heavy (non-hydrogen) atoms. The summed E-state index contributed by atoms with van der Waals surface area (Å²) in [5.41, 5.74) is 2.48. The van der Waals surface area contributed by atoms with E-state index in [-0.39, 0.29) is 18.0 Å². The van der Waals surface area contributed by atoms with Crippen LogP contribution in [0.1, 0.15) is 35.7 Å². The van der Waals surface area contributed by atoms with E-state index in [0.29, 0.717) is 24.3 Å². The fraction of sp³-hybridized carbons (Fsp3) is 0.389. The predicted molar refractivity (Wildman–Crippen MR) is 91.7 cm³/mol. The van der Waals surface area contributed by atoms with Crippen LogP contribution in [-0.2, 0) is 18.4 Å². The molecule has 2 heterocycles. The number of rotatable bonds is 5. The number of carbonyl (C=O) groups excluding carboxylic acids is 1. The Kier molecular flexibility index (Phi) is 5.00. The van der Waals surface area contributed by atoms with E-state index in [1.165, 1.54) is 0 Å². The maximum Gasteiger partial charge on any atom is 0.220 e. The normalized spacial score (nSPS) is 20.0. The number of amides is 1. The van der Waals surface area contributed by atoms with Crippen LogP contribution in [0.5, 0.6) is 5.75 Å². The molecule has 7 heteroatoms. The molecule has 1 aliphatic heterocycles. The van der Waals surface area contributed by atoms with Crippen molar-refractivity contribution in [3.63, 3.8) is 0 Å². The molecular formula is C18H21N5O2. The summed E-state index contributed by atoms with van der Waals surface area (Å²) in [5.74, 6) is 0.629. The smallest absolute Gasteiger partial charge is 0.220 e. The van der Waals surface area contributed by atoms with E-state index < -0.39 is 0 Å². The lowest BCUT2D eigenvalue weighted by molar-refractivity contribution is -0.124. The number of nitrogens with one attached hydrogen (secondary N) is 2. The molecule has 0 spiro atoms. The average Bonchev–Trinajstić information content (AvgIpc) is 3.06. The van der Waals surface area contributed by atoms with Gasteiger partial charge in [0, 0.05) is 26.1 Å². The highest BCUT2D eigenvalue weighted by Crippen LogP contribution is 2.25. The molecule has 130 valence electrons. The molecule has 1 aliphatic rings. The van der Waals surface area contributed by atoms with Gasteiger partial charge in [0.05, 0.1) is 36.9 Å². The Morgan fingerprint density at radius 1 is 1.52 bits per heavy atom. The van der Waals surface area contributed by atoms with Gasteiger partial charge >= 0.3 is 0 Å². The summed E-state index contributed by atoms with van der Waals surface area (Å²) in [6.45, 7) is 0.605. The second-order valence-electron chi connectivity index (χ2n) is 6.15. The largest absolute Gasteiger partial charge is 0.495 e. The topological polar surface area (TPSA) is 92.0 Å². The van der Waals surface area contributed by atoms with Crippen molar-refractivity contribution in [1.82, 2.24) is 20.2 Å². The van der Waals surface area contributed by atoms with Crippen molar-refractivity contribution in [3.05, 3.63) is 47.5 Å². The average molecular weight is 339 g/mol. The van der Waals surface area contributed by atoms with E-state index in [1.807, 2.05) is 23.7 Å². The van der Waals surface area contributed by atoms with Crippen LogP contribution in [0.15, 0.2) is 30.7 Å². The van der Waals surface area contributed by atoms with Crippen LogP contribution in [0, 0.1) is 11.3 Å². The van der Waals surface area contributed by atoms with Crippen LogP contribution >= 0.6 is 0 Å². The van der Waals surface area contributed by atoms with Gasteiger partial charge in [-0.3, -0.25) is 4.79 Å². The van der Waals surface area contributed by atoms with Crippen LogP contribution in [0.4, 0.5) is 0 Å². The molecule has 0 saturated carbocycles. The van der Waals surface area contributed by atoms with Crippen molar-refractivity contribution in [2.45, 2.75) is 31.5 Å². The molecule has 0 unspecified atom stereocenters. The zero-order valence-corrected chi connectivity index (χ0v) is 14.3. The van der Waals surface area contributed by atoms with Gasteiger partial charge in [0.15, 0.2) is 0 Å². The molecule has 2 atom stereocenters. The number of nitrogens with zero attached hydrogens (tertiary/aromatic N) is 3. The summed E-state index contributed by atoms with van der Waals surface area (Å²) in [7, 11) is 3.47. The summed E-state index contributed by atoms with van der Waals surface area (Å²) < 4.78 is 7.10. The van der Waals surface area contributed by atoms with Gasteiger partial charge in [0.2, 0.25) is 5.91 Å². The van der Waals surface area contributed by atoms with E-state index in [4.69, 9.17) is 4.74 Å². The van der Waals surface area contributed by atoms with Gasteiger partial charge < -0.3 is 19.9 Å². The van der Waals surface area contributed by atoms with Crippen molar-refractivity contribution in [2.75, 3.05) is 7.11 Å². The van der Waals surface area contributed by atoms with Crippen LogP contribution < -0.4 is 15.4 Å². The Hall–Kier alpha value is -2.85. The monoisotopic (exact) mass is 339 g/mol. The lowest BCUT2D eigenvalue weighted by Crippen LogP contribution is -2.48. The Balaban J connectivity index is 1.74. The number of carbonyl (C=O) groups is 1. The van der Waals surface area contributed by atoms with E-state index in [9.17, 15) is 10.1 Å². The molecule has 1 fully saturated rings. The number of aromatic nitrogens is 2. The SMILES string of the molecule is COc1ccc(CN[C@@H]2CCC(=O)N[C@H]2c2cncn2C)cc1C#N. The summed E-state index contributed by atoms with van der Waals surface area (Å²) in [6.07, 6.45) is 4.77. The van der Waals surface area contributed by atoms with Gasteiger partial charge in [0.25, 0.3) is 0 Å². The van der Waals surface area contributed by atoms with E-state index in [1.54, 1.807) is 25.7 Å². The number of benzene rings is 1. The van der Waals surface area contributed by atoms with Crippen LogP contribution in [-0.4, -0.2) is 28.6 Å². The number of methoxy groups -OCH3 is 1. The first kappa shape index (κ1) is 17.0. The molecular weight excluding hydrogens is 318 g/mol. The Bertz CT molecular complexity index is 808. The zero-order chi connectivity index (χ0) is 17.8. The summed E-state index contributed by atoms with van der Waals surface area (Å²) in [5, 5.41) is 15.8. The van der Waals surface area contributed by atoms with Crippen molar-refractivity contribution in [2.24, 2.45) is 7.05 Å². The van der Waals surface area contributed by atoms with Crippen molar-refractivity contribution < 1.29 is 9.53 Å². The summed E-state index contributed by atoms with van der Waals surface area (Å²) in [6, 6.07) is 7.69. The minimum Gasteiger partial charge on any atom is -0.495 e. The first-order chi connectivity index (χ1) is 12.1. The highest BCUT2D eigenvalue weighted by molar-refractivity contribution is 5.77. The molecule has 3 rings (SSSR count). The molecule has 1 amide bonds. The van der Waals surface area contributed by atoms with E-state index in [2.05, 4.69) is 21.7 Å². The van der Waals surface area contributed by atoms with Gasteiger partial charge in [-0.25, -0.2) is 4.98 Å². The maximum absolute atomic E-state index is 11.8. The molecule has 2 N–H and O–H groups in total. The van der Waals surface area contributed by atoms with Crippen molar-refractivity contribution in [3.8, 4) is 11.8 Å². The number of hydrogen-bond donors (Lipinski definition) is 2. The standard InChI is InChI=1S/C18H21N5O2/c1-23-11-20-10-15(23)18-14(4-6-17(24)22-18)21-9-12-3-5-16(25-2)13(7-12)8-19/h3,5,7,10-11,14,18,21H,4,6,9H2,1-2H3,(H,22,24)/t14-,18-/m1/s1. The van der Waals surface area contributed by atoms with E-state index >= 15 is 0 Å². The Morgan fingerprint density at radius 3 is 3.04 bits per heavy atom. The van der Waals surface area contributed by atoms with Gasteiger partial charge in [-0.15, -0.1) is 0 Å². The molecule has 1 saturated heterocycles. The number of piperidine rings is 1.